The first kappa shape index (κ1) is 28.9. The molecule has 2 heteroatoms. The van der Waals surface area contributed by atoms with Crippen LogP contribution in [0.2, 0.25) is 0 Å². The maximum Gasteiger partial charge on any atom is 0.152 e. The molecule has 41 heavy (non-hydrogen) atoms. The summed E-state index contributed by atoms with van der Waals surface area (Å²) in [4.78, 5) is 9.99. The molecule has 0 heterocycles. The van der Waals surface area contributed by atoms with E-state index in [4.69, 9.17) is 0 Å². The second-order valence-corrected chi connectivity index (χ2v) is 9.49. The summed E-state index contributed by atoms with van der Waals surface area (Å²) in [5.41, 5.74) is 7.90. The highest BCUT2D eigenvalue weighted by molar-refractivity contribution is 5.74. The molecular weight excluding hydrogens is 503 g/mol. The Hall–Kier alpha value is -5.08. The first-order chi connectivity index (χ1) is 20.2. The van der Waals surface area contributed by atoms with Gasteiger partial charge in [-0.2, -0.15) is 0 Å². The molecule has 0 aliphatic heterocycles. The minimum Gasteiger partial charge on any atom is -0.298 e. The number of carbonyl (C=O) groups is 1. The van der Waals surface area contributed by atoms with Crippen molar-refractivity contribution in [3.8, 4) is 22.3 Å². The van der Waals surface area contributed by atoms with Crippen LogP contribution in [-0.4, -0.2) is 6.29 Å². The highest BCUT2D eigenvalue weighted by Gasteiger charge is 2.06. The van der Waals surface area contributed by atoms with Crippen molar-refractivity contribution in [1.82, 2.24) is 0 Å². The third-order valence-electron chi connectivity index (χ3n) is 6.73. The second kappa shape index (κ2) is 15.5. The van der Waals surface area contributed by atoms with Crippen molar-refractivity contribution in [2.75, 3.05) is 0 Å². The maximum absolute atomic E-state index is 12.4. The zero-order valence-corrected chi connectivity index (χ0v) is 23.1. The lowest BCUT2D eigenvalue weighted by atomic mass is 9.93. The summed E-state index contributed by atoms with van der Waals surface area (Å²) >= 11 is 0. The lowest BCUT2D eigenvalue weighted by Crippen LogP contribution is -1.94. The Morgan fingerprint density at radius 2 is 0.756 bits per heavy atom. The second-order valence-electron chi connectivity index (χ2n) is 9.49. The standard InChI is InChI=1S/C18H14.C14H14.C7H5FO/c1-3-7-15(8-4-1)17-11-13-18(14-12-17)16-9-5-2-6-10-16;1-12(13-8-4-2-5-9-13)14-10-6-3-7-11-14;8-7-4-2-1-3-6(7)5-9/h1-14H;2-12H,1H3;1-5H. The van der Waals surface area contributed by atoms with E-state index in [1.807, 2.05) is 12.1 Å². The van der Waals surface area contributed by atoms with Gasteiger partial charge in [0.1, 0.15) is 5.82 Å². The number of rotatable bonds is 5. The van der Waals surface area contributed by atoms with E-state index in [9.17, 15) is 9.18 Å². The molecule has 6 aromatic rings. The minimum absolute atomic E-state index is 0.109. The van der Waals surface area contributed by atoms with Crippen LogP contribution in [0.15, 0.2) is 170 Å². The average Bonchev–Trinajstić information content (AvgIpc) is 3.07. The number of benzene rings is 6. The van der Waals surface area contributed by atoms with Crippen molar-refractivity contribution in [3.63, 3.8) is 0 Å². The van der Waals surface area contributed by atoms with Gasteiger partial charge in [0, 0.05) is 5.92 Å². The van der Waals surface area contributed by atoms with E-state index in [0.717, 1.165) is 0 Å². The van der Waals surface area contributed by atoms with E-state index in [1.54, 1.807) is 12.1 Å². The largest absolute Gasteiger partial charge is 0.298 e. The van der Waals surface area contributed by atoms with Crippen LogP contribution in [0.1, 0.15) is 34.3 Å². The van der Waals surface area contributed by atoms with E-state index in [-0.39, 0.29) is 5.56 Å². The summed E-state index contributed by atoms with van der Waals surface area (Å²) in [6.07, 6.45) is 0.495. The highest BCUT2D eigenvalue weighted by Crippen LogP contribution is 2.25. The molecule has 1 nitrogen and oxygen atoms in total. The fourth-order valence-corrected chi connectivity index (χ4v) is 4.36. The Morgan fingerprint density at radius 1 is 0.439 bits per heavy atom. The smallest absolute Gasteiger partial charge is 0.152 e. The predicted octanol–water partition coefficient (Wildman–Crippen LogP) is 10.5. The highest BCUT2D eigenvalue weighted by atomic mass is 19.1. The van der Waals surface area contributed by atoms with E-state index in [2.05, 4.69) is 140 Å². The SMILES string of the molecule is CC(c1ccccc1)c1ccccc1.O=Cc1ccccc1F.c1ccc(-c2ccc(-c3ccccc3)cc2)cc1. The molecule has 0 atom stereocenters. The fourth-order valence-electron chi connectivity index (χ4n) is 4.36. The van der Waals surface area contributed by atoms with Gasteiger partial charge in [-0.05, 0) is 45.5 Å². The van der Waals surface area contributed by atoms with Crippen LogP contribution >= 0.6 is 0 Å². The first-order valence-corrected chi connectivity index (χ1v) is 13.7. The van der Waals surface area contributed by atoms with Gasteiger partial charge in [-0.25, -0.2) is 4.39 Å². The third-order valence-corrected chi connectivity index (χ3v) is 6.73. The zero-order valence-electron chi connectivity index (χ0n) is 23.1. The van der Waals surface area contributed by atoms with Gasteiger partial charge in [0.25, 0.3) is 0 Å². The summed E-state index contributed by atoms with van der Waals surface area (Å²) in [6.45, 7) is 2.24. The van der Waals surface area contributed by atoms with Crippen molar-refractivity contribution < 1.29 is 9.18 Å². The van der Waals surface area contributed by atoms with Gasteiger partial charge in [0.2, 0.25) is 0 Å². The van der Waals surface area contributed by atoms with Crippen LogP contribution in [0.5, 0.6) is 0 Å². The van der Waals surface area contributed by atoms with Crippen molar-refractivity contribution >= 4 is 6.29 Å². The molecule has 0 aliphatic carbocycles. The van der Waals surface area contributed by atoms with Crippen molar-refractivity contribution in [2.24, 2.45) is 0 Å². The molecule has 0 bridgehead atoms. The Labute approximate surface area is 242 Å². The Morgan fingerprint density at radius 3 is 1.10 bits per heavy atom. The van der Waals surface area contributed by atoms with Crippen molar-refractivity contribution in [1.29, 1.82) is 0 Å². The number of halogens is 1. The minimum atomic E-state index is -0.465. The Kier molecular flexibility index (Phi) is 10.9. The molecular formula is C39H33FO. The van der Waals surface area contributed by atoms with E-state index in [0.29, 0.717) is 12.2 Å². The van der Waals surface area contributed by atoms with Gasteiger partial charge in [-0.3, -0.25) is 4.79 Å². The topological polar surface area (TPSA) is 17.1 Å². The first-order valence-electron chi connectivity index (χ1n) is 13.7. The molecule has 0 unspecified atom stereocenters. The van der Waals surface area contributed by atoms with Crippen LogP contribution in [0.3, 0.4) is 0 Å². The number of aldehydes is 1. The molecule has 0 aliphatic rings. The Balaban J connectivity index is 0.000000150. The quantitative estimate of drug-likeness (QED) is 0.200. The third kappa shape index (κ3) is 8.71. The summed E-state index contributed by atoms with van der Waals surface area (Å²) in [7, 11) is 0. The zero-order chi connectivity index (χ0) is 28.7. The molecule has 0 amide bonds. The van der Waals surface area contributed by atoms with Crippen LogP contribution in [0.4, 0.5) is 4.39 Å². The summed E-state index contributed by atoms with van der Waals surface area (Å²) in [5.74, 6) is 0.0184. The molecule has 0 saturated heterocycles. The summed E-state index contributed by atoms with van der Waals surface area (Å²) in [5, 5.41) is 0. The van der Waals surface area contributed by atoms with Gasteiger partial charge >= 0.3 is 0 Å². The predicted molar refractivity (Wildman–Crippen MR) is 170 cm³/mol. The molecule has 0 fully saturated rings. The van der Waals surface area contributed by atoms with Crippen molar-refractivity contribution in [2.45, 2.75) is 12.8 Å². The monoisotopic (exact) mass is 536 g/mol. The lowest BCUT2D eigenvalue weighted by Gasteiger charge is -2.11. The van der Waals surface area contributed by atoms with E-state index in [1.165, 1.54) is 45.5 Å². The van der Waals surface area contributed by atoms with Gasteiger partial charge in [0.15, 0.2) is 6.29 Å². The van der Waals surface area contributed by atoms with Gasteiger partial charge in [0.05, 0.1) is 5.56 Å². The van der Waals surface area contributed by atoms with E-state index >= 15 is 0 Å². The summed E-state index contributed by atoms with van der Waals surface area (Å²) in [6, 6.07) is 56.7. The van der Waals surface area contributed by atoms with Gasteiger partial charge in [-0.15, -0.1) is 0 Å². The maximum atomic E-state index is 12.4. The van der Waals surface area contributed by atoms with Gasteiger partial charge < -0.3 is 0 Å². The Bertz CT molecular complexity index is 1480. The van der Waals surface area contributed by atoms with Crippen molar-refractivity contribution in [3.05, 3.63) is 192 Å². The number of hydrogen-bond acceptors (Lipinski definition) is 1. The van der Waals surface area contributed by atoms with Crippen LogP contribution in [0, 0.1) is 5.82 Å². The lowest BCUT2D eigenvalue weighted by molar-refractivity contribution is 0.112. The molecule has 6 aromatic carbocycles. The molecule has 0 spiro atoms. The molecule has 202 valence electrons. The van der Waals surface area contributed by atoms with E-state index < -0.39 is 5.82 Å². The molecule has 6 rings (SSSR count). The van der Waals surface area contributed by atoms with Crippen LogP contribution < -0.4 is 0 Å². The molecule has 0 saturated carbocycles. The molecule has 0 N–H and O–H groups in total. The van der Waals surface area contributed by atoms with Crippen LogP contribution in [0.25, 0.3) is 22.3 Å². The van der Waals surface area contributed by atoms with Gasteiger partial charge in [-0.1, -0.05) is 165 Å². The average molecular weight is 537 g/mol. The fraction of sp³-hybridized carbons (Fsp3) is 0.0513. The normalized spacial score (nSPS) is 10.0. The number of hydrogen-bond donors (Lipinski definition) is 0. The number of carbonyl (C=O) groups excluding carboxylic acids is 1. The molecule has 0 aromatic heterocycles. The summed E-state index contributed by atoms with van der Waals surface area (Å²) < 4.78 is 12.4. The van der Waals surface area contributed by atoms with Crippen LogP contribution in [-0.2, 0) is 0 Å². The molecule has 0 radical (unpaired) electrons.